The number of nitrogens with zero attached hydrogens (tertiary/aromatic N) is 5. The molecule has 5 nitrogen and oxygen atoms in total. The molecule has 0 fully saturated rings. The normalized spacial score (nSPS) is 10.6. The van der Waals surface area contributed by atoms with E-state index in [2.05, 4.69) is 20.4 Å². The van der Waals surface area contributed by atoms with E-state index in [9.17, 15) is 0 Å². The molecule has 0 aliphatic carbocycles. The number of halogens is 2. The molecule has 0 amide bonds. The molecule has 0 unspecified atom stereocenters. The average molecular weight is 292 g/mol. The summed E-state index contributed by atoms with van der Waals surface area (Å²) in [4.78, 5) is 5.46. The van der Waals surface area contributed by atoms with Gasteiger partial charge in [-0.1, -0.05) is 35.3 Å². The lowest BCUT2D eigenvalue weighted by molar-refractivity contribution is 0.720. The standard InChI is InChI=1S/C12H7Cl2N5/c13-8-4-3-5-9(14)11(8)19-17-12(16-18-19)10-6-1-2-7-15-10/h1-7H. The second kappa shape index (κ2) is 4.95. The third-order valence-corrected chi connectivity index (χ3v) is 3.06. The number of rotatable bonds is 2. The van der Waals surface area contributed by atoms with Crippen LogP contribution < -0.4 is 0 Å². The molecule has 0 N–H and O–H groups in total. The van der Waals surface area contributed by atoms with Gasteiger partial charge < -0.3 is 0 Å². The van der Waals surface area contributed by atoms with E-state index >= 15 is 0 Å². The fourth-order valence-corrected chi connectivity index (χ4v) is 2.14. The number of para-hydroxylation sites is 1. The number of hydrogen-bond donors (Lipinski definition) is 0. The first-order chi connectivity index (χ1) is 9.25. The fraction of sp³-hybridized carbons (Fsp3) is 0. The Morgan fingerprint density at radius 1 is 0.947 bits per heavy atom. The number of aromatic nitrogens is 5. The molecule has 0 radical (unpaired) electrons. The van der Waals surface area contributed by atoms with Crippen molar-refractivity contribution in [1.82, 2.24) is 25.2 Å². The monoisotopic (exact) mass is 291 g/mol. The summed E-state index contributed by atoms with van der Waals surface area (Å²) in [6, 6.07) is 10.7. The van der Waals surface area contributed by atoms with Crippen molar-refractivity contribution in [2.24, 2.45) is 0 Å². The first kappa shape index (κ1) is 12.1. The van der Waals surface area contributed by atoms with Gasteiger partial charge >= 0.3 is 0 Å². The molecule has 7 heteroatoms. The van der Waals surface area contributed by atoms with Crippen LogP contribution in [0.15, 0.2) is 42.6 Å². The van der Waals surface area contributed by atoms with Crippen LogP contribution in [0.2, 0.25) is 10.0 Å². The molecule has 1 aromatic carbocycles. The van der Waals surface area contributed by atoms with E-state index in [0.29, 0.717) is 27.3 Å². The Kier molecular flexibility index (Phi) is 3.15. The first-order valence-electron chi connectivity index (χ1n) is 5.41. The van der Waals surface area contributed by atoms with Crippen LogP contribution in [-0.2, 0) is 0 Å². The van der Waals surface area contributed by atoms with Crippen LogP contribution in [0, 0.1) is 0 Å². The summed E-state index contributed by atoms with van der Waals surface area (Å²) >= 11 is 12.2. The molecule has 0 bridgehead atoms. The predicted octanol–water partition coefficient (Wildman–Crippen LogP) is 3.03. The lowest BCUT2D eigenvalue weighted by Gasteiger charge is -2.03. The van der Waals surface area contributed by atoms with Crippen molar-refractivity contribution >= 4 is 23.2 Å². The van der Waals surface area contributed by atoms with E-state index in [1.807, 2.05) is 12.1 Å². The number of hydrogen-bond acceptors (Lipinski definition) is 4. The zero-order valence-corrected chi connectivity index (χ0v) is 11.0. The Bertz CT molecular complexity index is 691. The number of tetrazole rings is 1. The molecule has 94 valence electrons. The highest BCUT2D eigenvalue weighted by molar-refractivity contribution is 6.37. The van der Waals surface area contributed by atoms with E-state index < -0.39 is 0 Å². The lowest BCUT2D eigenvalue weighted by atomic mass is 10.3. The minimum Gasteiger partial charge on any atom is -0.253 e. The van der Waals surface area contributed by atoms with Gasteiger partial charge in [-0.25, -0.2) is 0 Å². The smallest absolute Gasteiger partial charge is 0.223 e. The molecule has 3 aromatic rings. The second-order valence-electron chi connectivity index (χ2n) is 3.69. The SMILES string of the molecule is Clc1cccc(Cl)c1-n1nnc(-c2ccccn2)n1. The van der Waals surface area contributed by atoms with Gasteiger partial charge in [0.15, 0.2) is 0 Å². The summed E-state index contributed by atoms with van der Waals surface area (Å²) in [5.41, 5.74) is 1.14. The summed E-state index contributed by atoms with van der Waals surface area (Å²) in [5, 5.41) is 13.0. The molecule has 0 atom stereocenters. The van der Waals surface area contributed by atoms with Crippen molar-refractivity contribution in [3.05, 3.63) is 52.6 Å². The molecule has 0 aliphatic heterocycles. The Morgan fingerprint density at radius 2 is 1.74 bits per heavy atom. The molecule has 2 aromatic heterocycles. The molecule has 3 rings (SSSR count). The van der Waals surface area contributed by atoms with Gasteiger partial charge in [-0.15, -0.1) is 15.0 Å². The van der Waals surface area contributed by atoms with Gasteiger partial charge in [0.05, 0.1) is 10.0 Å². The van der Waals surface area contributed by atoms with Crippen molar-refractivity contribution < 1.29 is 0 Å². The Labute approximate surface area is 118 Å². The molecule has 0 saturated carbocycles. The van der Waals surface area contributed by atoms with Crippen molar-refractivity contribution in [1.29, 1.82) is 0 Å². The van der Waals surface area contributed by atoms with Crippen molar-refractivity contribution in [2.75, 3.05) is 0 Å². The quantitative estimate of drug-likeness (QED) is 0.728. The van der Waals surface area contributed by atoms with Gasteiger partial charge in [-0.3, -0.25) is 4.98 Å². The van der Waals surface area contributed by atoms with Crippen LogP contribution in [0.3, 0.4) is 0 Å². The molecule has 19 heavy (non-hydrogen) atoms. The van der Waals surface area contributed by atoms with Crippen molar-refractivity contribution in [3.8, 4) is 17.2 Å². The predicted molar refractivity (Wildman–Crippen MR) is 72.4 cm³/mol. The van der Waals surface area contributed by atoms with Crippen LogP contribution in [-0.4, -0.2) is 25.2 Å². The Hall–Kier alpha value is -1.98. The van der Waals surface area contributed by atoms with Crippen LogP contribution in [0.4, 0.5) is 0 Å². The minimum absolute atomic E-state index is 0.414. The maximum Gasteiger partial charge on any atom is 0.223 e. The first-order valence-corrected chi connectivity index (χ1v) is 6.17. The van der Waals surface area contributed by atoms with E-state index in [1.165, 1.54) is 4.80 Å². The maximum atomic E-state index is 6.09. The van der Waals surface area contributed by atoms with Gasteiger partial charge in [-0.05, 0) is 29.5 Å². The average Bonchev–Trinajstić information content (AvgIpc) is 2.89. The third-order valence-electron chi connectivity index (χ3n) is 2.45. The molecular formula is C12H7Cl2N5. The molecular weight excluding hydrogens is 285 g/mol. The van der Waals surface area contributed by atoms with Gasteiger partial charge in [0, 0.05) is 6.20 Å². The van der Waals surface area contributed by atoms with E-state index in [4.69, 9.17) is 23.2 Å². The summed E-state index contributed by atoms with van der Waals surface area (Å²) in [7, 11) is 0. The Balaban J connectivity index is 2.07. The Morgan fingerprint density at radius 3 is 2.42 bits per heavy atom. The lowest BCUT2D eigenvalue weighted by Crippen LogP contribution is -2.01. The third kappa shape index (κ3) is 2.30. The fourth-order valence-electron chi connectivity index (χ4n) is 1.59. The highest BCUT2D eigenvalue weighted by Crippen LogP contribution is 2.27. The van der Waals surface area contributed by atoms with Crippen LogP contribution in [0.1, 0.15) is 0 Å². The van der Waals surface area contributed by atoms with Crippen molar-refractivity contribution in [3.63, 3.8) is 0 Å². The highest BCUT2D eigenvalue weighted by Gasteiger charge is 2.13. The van der Waals surface area contributed by atoms with Gasteiger partial charge in [0.1, 0.15) is 11.4 Å². The van der Waals surface area contributed by atoms with E-state index in [0.717, 1.165) is 0 Å². The number of pyridine rings is 1. The number of benzene rings is 1. The zero-order valence-electron chi connectivity index (χ0n) is 9.53. The molecule has 0 saturated heterocycles. The van der Waals surface area contributed by atoms with Gasteiger partial charge in [0.25, 0.3) is 0 Å². The second-order valence-corrected chi connectivity index (χ2v) is 4.50. The van der Waals surface area contributed by atoms with Gasteiger partial charge in [-0.2, -0.15) is 0 Å². The topological polar surface area (TPSA) is 56.5 Å². The summed E-state index contributed by atoms with van der Waals surface area (Å²) in [6.07, 6.45) is 1.67. The van der Waals surface area contributed by atoms with Crippen molar-refractivity contribution in [2.45, 2.75) is 0 Å². The molecule has 0 spiro atoms. The summed E-state index contributed by atoms with van der Waals surface area (Å²) in [6.45, 7) is 0. The maximum absolute atomic E-state index is 6.09. The summed E-state index contributed by atoms with van der Waals surface area (Å²) in [5.74, 6) is 0.414. The van der Waals surface area contributed by atoms with Crippen LogP contribution in [0.25, 0.3) is 17.2 Å². The van der Waals surface area contributed by atoms with Crippen LogP contribution in [0.5, 0.6) is 0 Å². The zero-order chi connectivity index (χ0) is 13.2. The minimum atomic E-state index is 0.414. The summed E-state index contributed by atoms with van der Waals surface area (Å²) < 4.78 is 0. The molecule has 0 aliphatic rings. The van der Waals surface area contributed by atoms with E-state index in [-0.39, 0.29) is 0 Å². The van der Waals surface area contributed by atoms with E-state index in [1.54, 1.807) is 30.5 Å². The van der Waals surface area contributed by atoms with Crippen LogP contribution >= 0.6 is 23.2 Å². The van der Waals surface area contributed by atoms with Gasteiger partial charge in [0.2, 0.25) is 5.82 Å². The largest absolute Gasteiger partial charge is 0.253 e. The highest BCUT2D eigenvalue weighted by atomic mass is 35.5. The molecule has 2 heterocycles.